The normalized spacial score (nSPS) is 20.6. The van der Waals surface area contributed by atoms with Crippen molar-refractivity contribution in [2.24, 2.45) is 11.7 Å². The summed E-state index contributed by atoms with van der Waals surface area (Å²) in [6, 6.07) is 0. The quantitative estimate of drug-likeness (QED) is 0.720. The second-order valence-corrected chi connectivity index (χ2v) is 5.83. The molecule has 1 fully saturated rings. The summed E-state index contributed by atoms with van der Waals surface area (Å²) >= 11 is 12.4. The standard InChI is InChI=1S/C13H20Cl2N4O/c14-10-7-17-8-11(15)12(10)19-5-1-9(2-6-19)13(20)18-4-3-16/h7,9,17H,1-6,8,16H2,(H,18,20). The average Bonchev–Trinajstić information content (AvgIpc) is 2.45. The van der Waals surface area contributed by atoms with Gasteiger partial charge in [0.25, 0.3) is 0 Å². The van der Waals surface area contributed by atoms with E-state index in [1.54, 1.807) is 6.20 Å². The second kappa shape index (κ2) is 7.20. The first-order valence-corrected chi connectivity index (χ1v) is 7.60. The van der Waals surface area contributed by atoms with Crippen molar-refractivity contribution in [2.45, 2.75) is 12.8 Å². The number of allylic oxidation sites excluding steroid dienone is 1. The number of dihydropyridines is 1. The van der Waals surface area contributed by atoms with Crippen LogP contribution in [0.15, 0.2) is 22.0 Å². The van der Waals surface area contributed by atoms with E-state index in [0.717, 1.165) is 36.7 Å². The van der Waals surface area contributed by atoms with Crippen molar-refractivity contribution >= 4 is 29.1 Å². The van der Waals surface area contributed by atoms with Crippen LogP contribution in [0.2, 0.25) is 0 Å². The first-order valence-electron chi connectivity index (χ1n) is 6.84. The van der Waals surface area contributed by atoms with E-state index in [0.29, 0.717) is 24.7 Å². The predicted molar refractivity (Wildman–Crippen MR) is 81.2 cm³/mol. The summed E-state index contributed by atoms with van der Waals surface area (Å²) in [7, 11) is 0. The molecule has 0 aromatic rings. The molecule has 0 saturated carbocycles. The molecule has 0 aliphatic carbocycles. The SMILES string of the molecule is NCCNC(=O)C1CCN(C2=C(Cl)CNC=C2Cl)CC1. The number of hydrogen-bond acceptors (Lipinski definition) is 4. The third kappa shape index (κ3) is 3.59. The molecule has 1 amide bonds. The maximum Gasteiger partial charge on any atom is 0.223 e. The first-order chi connectivity index (χ1) is 9.63. The van der Waals surface area contributed by atoms with Crippen LogP contribution in [0.25, 0.3) is 0 Å². The molecule has 5 nitrogen and oxygen atoms in total. The van der Waals surface area contributed by atoms with E-state index in [1.165, 1.54) is 0 Å². The molecular formula is C13H20Cl2N4O. The molecule has 2 aliphatic heterocycles. The van der Waals surface area contributed by atoms with Gasteiger partial charge in [0, 0.05) is 38.3 Å². The highest BCUT2D eigenvalue weighted by Crippen LogP contribution is 2.30. The number of nitrogens with zero attached hydrogens (tertiary/aromatic N) is 1. The molecule has 0 aromatic carbocycles. The molecule has 1 saturated heterocycles. The maximum atomic E-state index is 11.9. The van der Waals surface area contributed by atoms with Crippen molar-refractivity contribution in [1.82, 2.24) is 15.5 Å². The lowest BCUT2D eigenvalue weighted by molar-refractivity contribution is -0.126. The molecule has 7 heteroatoms. The zero-order valence-electron chi connectivity index (χ0n) is 11.3. The second-order valence-electron chi connectivity index (χ2n) is 4.97. The van der Waals surface area contributed by atoms with Gasteiger partial charge in [-0.25, -0.2) is 0 Å². The summed E-state index contributed by atoms with van der Waals surface area (Å²) in [5.41, 5.74) is 6.28. The summed E-state index contributed by atoms with van der Waals surface area (Å²) in [5, 5.41) is 7.22. The number of piperidine rings is 1. The molecule has 112 valence electrons. The van der Waals surface area contributed by atoms with Crippen LogP contribution in [-0.2, 0) is 4.79 Å². The van der Waals surface area contributed by atoms with Crippen molar-refractivity contribution in [2.75, 3.05) is 32.7 Å². The summed E-state index contributed by atoms with van der Waals surface area (Å²) in [6.45, 7) is 3.19. The third-order valence-corrected chi connectivity index (χ3v) is 4.20. The smallest absolute Gasteiger partial charge is 0.223 e. The zero-order chi connectivity index (χ0) is 14.5. The van der Waals surface area contributed by atoms with Crippen molar-refractivity contribution in [3.63, 3.8) is 0 Å². The Balaban J connectivity index is 1.91. The van der Waals surface area contributed by atoms with Crippen LogP contribution in [-0.4, -0.2) is 43.5 Å². The lowest BCUT2D eigenvalue weighted by Gasteiger charge is -2.36. The largest absolute Gasteiger partial charge is 0.385 e. The van der Waals surface area contributed by atoms with E-state index in [1.807, 2.05) is 0 Å². The highest BCUT2D eigenvalue weighted by molar-refractivity contribution is 6.36. The summed E-state index contributed by atoms with van der Waals surface area (Å²) < 4.78 is 0. The average molecular weight is 319 g/mol. The van der Waals surface area contributed by atoms with Gasteiger partial charge in [-0.3, -0.25) is 4.79 Å². The molecular weight excluding hydrogens is 299 g/mol. The van der Waals surface area contributed by atoms with Gasteiger partial charge >= 0.3 is 0 Å². The Hall–Kier alpha value is -0.910. The Morgan fingerprint density at radius 2 is 2.15 bits per heavy atom. The number of halogens is 2. The topological polar surface area (TPSA) is 70.4 Å². The highest BCUT2D eigenvalue weighted by atomic mass is 35.5. The van der Waals surface area contributed by atoms with E-state index < -0.39 is 0 Å². The van der Waals surface area contributed by atoms with Gasteiger partial charge in [0.2, 0.25) is 5.91 Å². The number of rotatable bonds is 4. The van der Waals surface area contributed by atoms with E-state index in [-0.39, 0.29) is 11.8 Å². The molecule has 2 rings (SSSR count). The third-order valence-electron chi connectivity index (χ3n) is 3.59. The van der Waals surface area contributed by atoms with Gasteiger partial charge in [-0.15, -0.1) is 0 Å². The van der Waals surface area contributed by atoms with E-state index in [2.05, 4.69) is 15.5 Å². The van der Waals surface area contributed by atoms with Crippen LogP contribution in [0, 0.1) is 5.92 Å². The van der Waals surface area contributed by atoms with E-state index in [4.69, 9.17) is 28.9 Å². The van der Waals surface area contributed by atoms with Crippen LogP contribution >= 0.6 is 23.2 Å². The zero-order valence-corrected chi connectivity index (χ0v) is 12.8. The fourth-order valence-corrected chi connectivity index (χ4v) is 3.20. The lowest BCUT2D eigenvalue weighted by atomic mass is 9.95. The first kappa shape index (κ1) is 15.5. The monoisotopic (exact) mass is 318 g/mol. The maximum absolute atomic E-state index is 11.9. The van der Waals surface area contributed by atoms with Crippen LogP contribution in [0.3, 0.4) is 0 Å². The minimum atomic E-state index is 0.0571. The molecule has 0 atom stereocenters. The van der Waals surface area contributed by atoms with Gasteiger partial charge in [0.05, 0.1) is 22.3 Å². The van der Waals surface area contributed by atoms with E-state index in [9.17, 15) is 4.79 Å². The molecule has 20 heavy (non-hydrogen) atoms. The number of nitrogens with two attached hydrogens (primary N) is 1. The van der Waals surface area contributed by atoms with Gasteiger partial charge < -0.3 is 21.3 Å². The van der Waals surface area contributed by atoms with Gasteiger partial charge in [0.15, 0.2) is 0 Å². The molecule has 2 aliphatic rings. The van der Waals surface area contributed by atoms with Gasteiger partial charge in [-0.05, 0) is 12.8 Å². The number of carbonyl (C=O) groups is 1. The summed E-state index contributed by atoms with van der Waals surface area (Å²) in [6.07, 6.45) is 3.38. The number of likely N-dealkylation sites (tertiary alicyclic amines) is 1. The minimum Gasteiger partial charge on any atom is -0.385 e. The number of carbonyl (C=O) groups excluding carboxylic acids is 1. The van der Waals surface area contributed by atoms with Crippen LogP contribution in [0.5, 0.6) is 0 Å². The van der Waals surface area contributed by atoms with Gasteiger partial charge in [-0.1, -0.05) is 23.2 Å². The molecule has 0 aromatic heterocycles. The lowest BCUT2D eigenvalue weighted by Crippen LogP contribution is -2.42. The molecule has 0 radical (unpaired) electrons. The summed E-state index contributed by atoms with van der Waals surface area (Å²) in [5.74, 6) is 0.156. The fourth-order valence-electron chi connectivity index (χ4n) is 2.54. The van der Waals surface area contributed by atoms with Gasteiger partial charge in [0.1, 0.15) is 0 Å². The van der Waals surface area contributed by atoms with Crippen molar-refractivity contribution in [1.29, 1.82) is 0 Å². The van der Waals surface area contributed by atoms with Crippen LogP contribution in [0.1, 0.15) is 12.8 Å². The summed E-state index contributed by atoms with van der Waals surface area (Å²) in [4.78, 5) is 14.1. The predicted octanol–water partition coefficient (Wildman–Crippen LogP) is 0.907. The number of amides is 1. The molecule has 4 N–H and O–H groups in total. The Bertz CT molecular complexity index is 428. The Morgan fingerprint density at radius 3 is 2.75 bits per heavy atom. The van der Waals surface area contributed by atoms with Crippen molar-refractivity contribution < 1.29 is 4.79 Å². The molecule has 0 spiro atoms. The highest BCUT2D eigenvalue weighted by Gasteiger charge is 2.28. The van der Waals surface area contributed by atoms with Crippen LogP contribution in [0.4, 0.5) is 0 Å². The van der Waals surface area contributed by atoms with Crippen molar-refractivity contribution in [3.05, 3.63) is 22.0 Å². The molecule has 0 bridgehead atoms. The Morgan fingerprint density at radius 1 is 1.45 bits per heavy atom. The van der Waals surface area contributed by atoms with Gasteiger partial charge in [-0.2, -0.15) is 0 Å². The molecule has 2 heterocycles. The Labute approximate surface area is 129 Å². The van der Waals surface area contributed by atoms with Crippen LogP contribution < -0.4 is 16.4 Å². The Kier molecular flexibility index (Phi) is 5.57. The van der Waals surface area contributed by atoms with Crippen molar-refractivity contribution in [3.8, 4) is 0 Å². The fraction of sp³-hybridized carbons (Fsp3) is 0.615. The minimum absolute atomic E-state index is 0.0571. The molecule has 0 unspecified atom stereocenters. The number of nitrogens with one attached hydrogen (secondary N) is 2. The van der Waals surface area contributed by atoms with E-state index >= 15 is 0 Å². The number of hydrogen-bond donors (Lipinski definition) is 3.